The molecule has 1 aromatic heterocycles. The molecule has 0 saturated carbocycles. The van der Waals surface area contributed by atoms with Crippen molar-refractivity contribution in [3.8, 4) is 79.0 Å². The van der Waals surface area contributed by atoms with E-state index in [0.717, 1.165) is 72.7 Å². The van der Waals surface area contributed by atoms with Gasteiger partial charge in [0.25, 0.3) is 0 Å². The fraction of sp³-hybridized carbons (Fsp3) is 0.0169. The number of aromatic nitrogens is 3. The average Bonchev–Trinajstić information content (AvgIpc) is 3.38. The summed E-state index contributed by atoms with van der Waals surface area (Å²) < 4.78 is 6.98. The molecular weight excluding hydrogens is 781 g/mol. The first-order valence-corrected chi connectivity index (χ1v) is 21.3. The molecule has 2 heterocycles. The fourth-order valence-corrected chi connectivity index (χ4v) is 9.08. The van der Waals surface area contributed by atoms with Crippen molar-refractivity contribution in [2.45, 2.75) is 5.41 Å². The molecule has 0 atom stereocenters. The molecule has 10 aromatic rings. The zero-order chi connectivity index (χ0) is 42.9. The molecule has 0 bridgehead atoms. The Labute approximate surface area is 372 Å². The lowest BCUT2D eigenvalue weighted by atomic mass is 9.63. The number of benzene rings is 9. The average molecular weight is 819 g/mol. The SMILES string of the molecule is [C-]#[N+]c1cccc(-c2ccc(-c3nc(-c4ccccc4)nc(-c4cccc(-c5cccc(-c6cccc7c6Oc6ccccc6C7(c6ccccc6)c6ccccc6)c5)c4)n3)cc2)c1. The molecule has 11 rings (SSSR count). The van der Waals surface area contributed by atoms with Crippen LogP contribution in [0.2, 0.25) is 0 Å². The Morgan fingerprint density at radius 1 is 0.359 bits per heavy atom. The molecule has 0 fully saturated rings. The number of nitrogens with zero attached hydrogens (tertiary/aromatic N) is 4. The Balaban J connectivity index is 1.000. The lowest BCUT2D eigenvalue weighted by molar-refractivity contribution is 0.436. The molecule has 0 N–H and O–H groups in total. The Kier molecular flexibility index (Phi) is 9.72. The van der Waals surface area contributed by atoms with Gasteiger partial charge in [-0.15, -0.1) is 0 Å². The van der Waals surface area contributed by atoms with E-state index in [1.807, 2.05) is 72.8 Å². The van der Waals surface area contributed by atoms with Gasteiger partial charge in [-0.2, -0.15) is 0 Å². The Morgan fingerprint density at radius 3 is 1.47 bits per heavy atom. The van der Waals surface area contributed by atoms with E-state index in [2.05, 4.69) is 163 Å². The summed E-state index contributed by atoms with van der Waals surface area (Å²) in [4.78, 5) is 18.7. The van der Waals surface area contributed by atoms with Crippen LogP contribution in [0.25, 0.3) is 72.4 Å². The lowest BCUT2D eigenvalue weighted by Crippen LogP contribution is -2.34. The summed E-state index contributed by atoms with van der Waals surface area (Å²) in [6.07, 6.45) is 0. The second kappa shape index (κ2) is 16.3. The van der Waals surface area contributed by atoms with E-state index in [9.17, 15) is 0 Å². The zero-order valence-electron chi connectivity index (χ0n) is 34.6. The molecule has 0 unspecified atom stereocenters. The van der Waals surface area contributed by atoms with Gasteiger partial charge in [0, 0.05) is 33.4 Å². The maximum absolute atomic E-state index is 7.45. The fourth-order valence-electron chi connectivity index (χ4n) is 9.08. The Hall–Kier alpha value is -8.72. The molecule has 0 saturated heterocycles. The first-order chi connectivity index (χ1) is 31.7. The maximum atomic E-state index is 7.45. The van der Waals surface area contributed by atoms with Crippen LogP contribution in [0, 0.1) is 6.57 Å². The summed E-state index contributed by atoms with van der Waals surface area (Å²) in [6, 6.07) is 79.5. The van der Waals surface area contributed by atoms with Crippen molar-refractivity contribution in [3.63, 3.8) is 0 Å². The van der Waals surface area contributed by atoms with Crippen LogP contribution in [0.15, 0.2) is 231 Å². The van der Waals surface area contributed by atoms with Crippen LogP contribution in [0.1, 0.15) is 22.3 Å². The van der Waals surface area contributed by atoms with Crippen molar-refractivity contribution >= 4 is 5.69 Å². The van der Waals surface area contributed by atoms with E-state index in [0.29, 0.717) is 23.2 Å². The molecule has 0 amide bonds. The van der Waals surface area contributed by atoms with E-state index in [-0.39, 0.29) is 0 Å². The largest absolute Gasteiger partial charge is 0.456 e. The predicted octanol–water partition coefficient (Wildman–Crippen LogP) is 14.9. The van der Waals surface area contributed by atoms with Crippen molar-refractivity contribution in [3.05, 3.63) is 264 Å². The minimum absolute atomic E-state index is 0.579. The highest BCUT2D eigenvalue weighted by Crippen LogP contribution is 2.57. The van der Waals surface area contributed by atoms with Gasteiger partial charge in [-0.25, -0.2) is 19.8 Å². The van der Waals surface area contributed by atoms with Crippen molar-refractivity contribution in [2.75, 3.05) is 0 Å². The number of para-hydroxylation sites is 2. The van der Waals surface area contributed by atoms with Gasteiger partial charge >= 0.3 is 0 Å². The Morgan fingerprint density at radius 2 is 0.812 bits per heavy atom. The Bertz CT molecular complexity index is 3320. The van der Waals surface area contributed by atoms with Gasteiger partial charge in [0.15, 0.2) is 23.2 Å². The first kappa shape index (κ1) is 38.2. The maximum Gasteiger partial charge on any atom is 0.187 e. The second-order valence-corrected chi connectivity index (χ2v) is 15.8. The van der Waals surface area contributed by atoms with Crippen molar-refractivity contribution in [2.24, 2.45) is 0 Å². The van der Waals surface area contributed by atoms with Crippen LogP contribution in [0.5, 0.6) is 11.5 Å². The summed E-state index contributed by atoms with van der Waals surface area (Å²) >= 11 is 0. The number of hydrogen-bond acceptors (Lipinski definition) is 4. The van der Waals surface area contributed by atoms with Gasteiger partial charge in [-0.3, -0.25) is 0 Å². The number of hydrogen-bond donors (Lipinski definition) is 0. The first-order valence-electron chi connectivity index (χ1n) is 21.3. The van der Waals surface area contributed by atoms with E-state index in [1.54, 1.807) is 0 Å². The van der Waals surface area contributed by atoms with Crippen LogP contribution in [-0.2, 0) is 5.41 Å². The van der Waals surface area contributed by atoms with Crippen LogP contribution in [-0.4, -0.2) is 15.0 Å². The van der Waals surface area contributed by atoms with Crippen LogP contribution in [0.3, 0.4) is 0 Å². The van der Waals surface area contributed by atoms with Crippen LogP contribution < -0.4 is 4.74 Å². The molecule has 0 spiro atoms. The molecule has 0 radical (unpaired) electrons. The third kappa shape index (κ3) is 6.81. The molecule has 64 heavy (non-hydrogen) atoms. The van der Waals surface area contributed by atoms with Gasteiger partial charge in [-0.1, -0.05) is 206 Å². The number of fused-ring (bicyclic) bond motifs is 2. The minimum Gasteiger partial charge on any atom is -0.456 e. The van der Waals surface area contributed by atoms with Gasteiger partial charge in [-0.05, 0) is 63.2 Å². The lowest BCUT2D eigenvalue weighted by Gasteiger charge is -2.42. The minimum atomic E-state index is -0.608. The normalized spacial score (nSPS) is 12.3. The molecule has 5 nitrogen and oxygen atoms in total. The third-order valence-corrected chi connectivity index (χ3v) is 12.1. The van der Waals surface area contributed by atoms with Gasteiger partial charge in [0.05, 0.1) is 12.0 Å². The third-order valence-electron chi connectivity index (χ3n) is 12.1. The molecule has 300 valence electrons. The van der Waals surface area contributed by atoms with E-state index in [1.165, 1.54) is 11.1 Å². The standard InChI is InChI=1S/C59H38N4O/c1-60-50-28-15-21-45(39-50)40-33-35-42(36-34-40)57-61-56(41-17-5-2-6-18-41)62-58(63-57)47-23-14-20-44(38-47)43-19-13-22-46(37-43)51-29-16-31-53-55(51)64-54-32-12-11-30-52(54)59(53,48-24-7-3-8-25-48)49-26-9-4-10-27-49/h2-39H. The van der Waals surface area contributed by atoms with Crippen molar-refractivity contribution in [1.29, 1.82) is 0 Å². The van der Waals surface area contributed by atoms with Gasteiger partial charge in [0.2, 0.25) is 0 Å². The summed E-state index contributed by atoms with van der Waals surface area (Å²) in [5, 5.41) is 0. The quantitative estimate of drug-likeness (QED) is 0.143. The number of ether oxygens (including phenoxy) is 1. The number of rotatable bonds is 8. The highest BCUT2D eigenvalue weighted by Gasteiger charge is 2.45. The van der Waals surface area contributed by atoms with Gasteiger partial charge in [0.1, 0.15) is 11.5 Å². The molecular formula is C59H38N4O. The molecule has 1 aliphatic heterocycles. The monoisotopic (exact) mass is 818 g/mol. The van der Waals surface area contributed by atoms with E-state index < -0.39 is 5.41 Å². The van der Waals surface area contributed by atoms with Crippen LogP contribution >= 0.6 is 0 Å². The molecule has 1 aliphatic rings. The van der Waals surface area contributed by atoms with Crippen molar-refractivity contribution in [1.82, 2.24) is 15.0 Å². The second-order valence-electron chi connectivity index (χ2n) is 15.8. The predicted molar refractivity (Wildman–Crippen MR) is 257 cm³/mol. The summed E-state index contributed by atoms with van der Waals surface area (Å²) in [6.45, 7) is 7.45. The molecule has 9 aromatic carbocycles. The summed E-state index contributed by atoms with van der Waals surface area (Å²) in [5.74, 6) is 3.44. The topological polar surface area (TPSA) is 52.3 Å². The highest BCUT2D eigenvalue weighted by molar-refractivity contribution is 5.83. The summed E-state index contributed by atoms with van der Waals surface area (Å²) in [7, 11) is 0. The zero-order valence-corrected chi connectivity index (χ0v) is 34.6. The van der Waals surface area contributed by atoms with Gasteiger partial charge < -0.3 is 4.74 Å². The van der Waals surface area contributed by atoms with E-state index in [4.69, 9.17) is 26.3 Å². The van der Waals surface area contributed by atoms with Crippen LogP contribution in [0.4, 0.5) is 5.69 Å². The smallest absolute Gasteiger partial charge is 0.187 e. The summed E-state index contributed by atoms with van der Waals surface area (Å²) in [5.41, 5.74) is 13.4. The molecule has 5 heteroatoms. The van der Waals surface area contributed by atoms with Crippen molar-refractivity contribution < 1.29 is 4.74 Å². The highest BCUT2D eigenvalue weighted by atomic mass is 16.5. The molecule has 0 aliphatic carbocycles. The van der Waals surface area contributed by atoms with E-state index >= 15 is 0 Å².